The van der Waals surface area contributed by atoms with E-state index in [1.54, 1.807) is 0 Å². The highest BCUT2D eigenvalue weighted by Gasteiger charge is 2.29. The van der Waals surface area contributed by atoms with Gasteiger partial charge in [-0.05, 0) is 26.2 Å². The van der Waals surface area contributed by atoms with E-state index in [4.69, 9.17) is 16.3 Å². The van der Waals surface area contributed by atoms with Crippen LogP contribution >= 0.6 is 11.6 Å². The highest BCUT2D eigenvalue weighted by molar-refractivity contribution is 6.30. The summed E-state index contributed by atoms with van der Waals surface area (Å²) in [6.45, 7) is 6.79. The zero-order valence-corrected chi connectivity index (χ0v) is 12.6. The first kappa shape index (κ1) is 14.8. The van der Waals surface area contributed by atoms with Crippen molar-refractivity contribution in [3.05, 3.63) is 16.7 Å². The number of hydrogen-bond donors (Lipinski definition) is 2. The van der Waals surface area contributed by atoms with Crippen LogP contribution in [0.5, 0.6) is 0 Å². The second-order valence-corrected chi connectivity index (χ2v) is 5.92. The zero-order chi connectivity index (χ0) is 13.7. The summed E-state index contributed by atoms with van der Waals surface area (Å²) in [6, 6.07) is 0. The fourth-order valence-electron chi connectivity index (χ4n) is 2.45. The maximum absolute atomic E-state index is 6.14. The van der Waals surface area contributed by atoms with E-state index in [1.165, 1.54) is 6.42 Å². The van der Waals surface area contributed by atoms with Gasteiger partial charge in [-0.3, -0.25) is 0 Å². The monoisotopic (exact) mass is 285 g/mol. The highest BCUT2D eigenvalue weighted by atomic mass is 35.5. The van der Waals surface area contributed by atoms with E-state index < -0.39 is 0 Å². The summed E-state index contributed by atoms with van der Waals surface area (Å²) in [7, 11) is 0. The highest BCUT2D eigenvalue weighted by Crippen LogP contribution is 2.24. The third-order valence-electron chi connectivity index (χ3n) is 3.65. The van der Waals surface area contributed by atoms with Crippen molar-refractivity contribution in [3.63, 3.8) is 0 Å². The van der Waals surface area contributed by atoms with Gasteiger partial charge in [0, 0.05) is 26.1 Å². The van der Waals surface area contributed by atoms with Crippen molar-refractivity contribution in [1.82, 2.24) is 15.3 Å². The molecular formula is C14H24ClN3O. The van der Waals surface area contributed by atoms with Crippen molar-refractivity contribution < 1.29 is 4.74 Å². The molecule has 0 amide bonds. The van der Waals surface area contributed by atoms with Crippen LogP contribution in [0.1, 0.15) is 51.0 Å². The van der Waals surface area contributed by atoms with Gasteiger partial charge in [0.25, 0.3) is 0 Å². The molecule has 0 spiro atoms. The average Bonchev–Trinajstić information content (AvgIpc) is 2.95. The number of hydrogen-bond acceptors (Lipinski definition) is 3. The van der Waals surface area contributed by atoms with Crippen molar-refractivity contribution in [3.8, 4) is 0 Å². The molecule has 0 aliphatic carbocycles. The number of ether oxygens (including phenoxy) is 1. The van der Waals surface area contributed by atoms with Crippen LogP contribution in [-0.4, -0.2) is 28.7 Å². The lowest BCUT2D eigenvalue weighted by Gasteiger charge is -2.23. The van der Waals surface area contributed by atoms with Crippen molar-refractivity contribution in [2.45, 2.75) is 58.1 Å². The average molecular weight is 286 g/mol. The Balaban J connectivity index is 1.80. The minimum Gasteiger partial charge on any atom is -0.374 e. The number of nitrogens with one attached hydrogen (secondary N) is 2. The van der Waals surface area contributed by atoms with Crippen molar-refractivity contribution in [1.29, 1.82) is 0 Å². The molecule has 1 aromatic heterocycles. The molecule has 1 saturated heterocycles. The minimum atomic E-state index is -0.0163. The molecule has 0 radical (unpaired) electrons. The normalized spacial score (nSPS) is 23.1. The minimum absolute atomic E-state index is 0.0163. The molecule has 5 heteroatoms. The van der Waals surface area contributed by atoms with Crippen molar-refractivity contribution in [2.75, 3.05) is 13.2 Å². The van der Waals surface area contributed by atoms with Gasteiger partial charge in [0.15, 0.2) is 5.15 Å². The van der Waals surface area contributed by atoms with Gasteiger partial charge in [0.2, 0.25) is 0 Å². The van der Waals surface area contributed by atoms with Gasteiger partial charge >= 0.3 is 0 Å². The Morgan fingerprint density at radius 1 is 1.53 bits per heavy atom. The Labute approximate surface area is 120 Å². The second kappa shape index (κ2) is 6.73. The molecule has 1 aromatic rings. The number of aromatic nitrogens is 2. The van der Waals surface area contributed by atoms with Gasteiger partial charge in [0.05, 0.1) is 11.3 Å². The molecule has 4 nitrogen and oxygen atoms in total. The molecule has 2 heterocycles. The van der Waals surface area contributed by atoms with Crippen molar-refractivity contribution in [2.24, 2.45) is 0 Å². The summed E-state index contributed by atoms with van der Waals surface area (Å²) >= 11 is 6.14. The number of halogens is 1. The van der Waals surface area contributed by atoms with E-state index in [0.717, 1.165) is 56.9 Å². The third-order valence-corrected chi connectivity index (χ3v) is 3.96. The summed E-state index contributed by atoms with van der Waals surface area (Å²) in [6.07, 6.45) is 5.56. The summed E-state index contributed by atoms with van der Waals surface area (Å²) in [5, 5.41) is 4.01. The van der Waals surface area contributed by atoms with Crippen LogP contribution in [0.25, 0.3) is 0 Å². The van der Waals surface area contributed by atoms with Crippen LogP contribution in [0.3, 0.4) is 0 Å². The van der Waals surface area contributed by atoms with E-state index in [1.807, 2.05) is 0 Å². The summed E-state index contributed by atoms with van der Waals surface area (Å²) < 4.78 is 5.75. The van der Waals surface area contributed by atoms with E-state index >= 15 is 0 Å². The molecule has 1 aliphatic heterocycles. The molecule has 0 saturated carbocycles. The molecule has 0 bridgehead atoms. The first-order valence-electron chi connectivity index (χ1n) is 7.21. The molecule has 1 aliphatic rings. The number of rotatable bonds is 7. The number of H-pyrrole nitrogens is 1. The Morgan fingerprint density at radius 3 is 3.05 bits per heavy atom. The van der Waals surface area contributed by atoms with Gasteiger partial charge in [-0.1, -0.05) is 24.9 Å². The fraction of sp³-hybridized carbons (Fsp3) is 0.786. The molecule has 2 N–H and O–H groups in total. The van der Waals surface area contributed by atoms with E-state index in [0.29, 0.717) is 5.15 Å². The number of unbranched alkanes of at least 4 members (excludes halogenated alkanes) is 1. The zero-order valence-electron chi connectivity index (χ0n) is 11.9. The maximum Gasteiger partial charge on any atom is 0.151 e. The molecular weight excluding hydrogens is 262 g/mol. The number of aromatic amines is 1. The van der Waals surface area contributed by atoms with Crippen LogP contribution in [0.4, 0.5) is 0 Å². The molecule has 19 heavy (non-hydrogen) atoms. The van der Waals surface area contributed by atoms with Crippen LogP contribution < -0.4 is 5.32 Å². The van der Waals surface area contributed by atoms with Gasteiger partial charge in [-0.15, -0.1) is 0 Å². The van der Waals surface area contributed by atoms with Crippen LogP contribution in [0, 0.1) is 0 Å². The Bertz CT molecular complexity index is 399. The largest absolute Gasteiger partial charge is 0.374 e. The molecule has 2 rings (SSSR count). The lowest BCUT2D eigenvalue weighted by molar-refractivity contribution is 0.0206. The standard InChI is InChI=1S/C14H24ClN3O/c1-3-4-6-12-17-11(13(15)18-12)9-16-10-14(2)7-5-8-19-14/h16H,3-10H2,1-2H3,(H,17,18). The Hall–Kier alpha value is -0.580. The predicted octanol–water partition coefficient (Wildman–Crippen LogP) is 3.06. The number of nitrogens with zero attached hydrogens (tertiary/aromatic N) is 1. The molecule has 1 unspecified atom stereocenters. The summed E-state index contributed by atoms with van der Waals surface area (Å²) in [4.78, 5) is 7.66. The predicted molar refractivity (Wildman–Crippen MR) is 77.5 cm³/mol. The van der Waals surface area contributed by atoms with Gasteiger partial charge in [-0.2, -0.15) is 0 Å². The Morgan fingerprint density at radius 2 is 2.37 bits per heavy atom. The molecule has 0 aromatic carbocycles. The molecule has 1 atom stereocenters. The van der Waals surface area contributed by atoms with Crippen LogP contribution in [0.15, 0.2) is 0 Å². The van der Waals surface area contributed by atoms with Gasteiger partial charge < -0.3 is 15.0 Å². The smallest absolute Gasteiger partial charge is 0.151 e. The number of aryl methyl sites for hydroxylation is 1. The van der Waals surface area contributed by atoms with Crippen molar-refractivity contribution >= 4 is 11.6 Å². The lowest BCUT2D eigenvalue weighted by atomic mass is 10.0. The van der Waals surface area contributed by atoms with Crippen LogP contribution in [-0.2, 0) is 17.7 Å². The quantitative estimate of drug-likeness (QED) is 0.809. The summed E-state index contributed by atoms with van der Waals surface area (Å²) in [5.41, 5.74) is 0.965. The topological polar surface area (TPSA) is 49.9 Å². The summed E-state index contributed by atoms with van der Waals surface area (Å²) in [5.74, 6) is 0.993. The fourth-order valence-corrected chi connectivity index (χ4v) is 2.66. The first-order valence-corrected chi connectivity index (χ1v) is 7.59. The maximum atomic E-state index is 6.14. The van der Waals surface area contributed by atoms with Gasteiger partial charge in [-0.25, -0.2) is 4.98 Å². The SMILES string of the molecule is CCCCc1nc(Cl)c(CNCC2(C)CCCO2)[nH]1. The lowest BCUT2D eigenvalue weighted by Crippen LogP contribution is -2.36. The van der Waals surface area contributed by atoms with Crippen LogP contribution in [0.2, 0.25) is 5.15 Å². The van der Waals surface area contributed by atoms with Gasteiger partial charge in [0.1, 0.15) is 5.82 Å². The first-order chi connectivity index (χ1) is 9.13. The molecule has 108 valence electrons. The van der Waals surface area contributed by atoms with E-state index in [-0.39, 0.29) is 5.60 Å². The second-order valence-electron chi connectivity index (χ2n) is 5.56. The Kier molecular flexibility index (Phi) is 5.25. The number of imidazole rings is 1. The molecule has 1 fully saturated rings. The van der Waals surface area contributed by atoms with E-state index in [9.17, 15) is 0 Å². The van der Waals surface area contributed by atoms with E-state index in [2.05, 4.69) is 29.1 Å². The third kappa shape index (κ3) is 4.20.